The van der Waals surface area contributed by atoms with Crippen LogP contribution < -0.4 is 15.8 Å². The van der Waals surface area contributed by atoms with Gasteiger partial charge in [-0.2, -0.15) is 0 Å². The second-order valence-corrected chi connectivity index (χ2v) is 5.70. The smallest absolute Gasteiger partial charge is 0.257 e. The van der Waals surface area contributed by atoms with E-state index in [2.05, 4.69) is 10.3 Å². The molecule has 0 saturated heterocycles. The van der Waals surface area contributed by atoms with Crippen LogP contribution in [0.25, 0.3) is 0 Å². The van der Waals surface area contributed by atoms with Crippen LogP contribution in [0.3, 0.4) is 0 Å². The summed E-state index contributed by atoms with van der Waals surface area (Å²) in [7, 11) is 3.80. The van der Waals surface area contributed by atoms with Crippen LogP contribution in [0, 0.1) is 11.6 Å². The molecule has 1 aromatic carbocycles. The number of halogens is 2. The number of nitrogens with two attached hydrogens (primary N) is 1. The third kappa shape index (κ3) is 5.39. The molecule has 8 heteroatoms. The van der Waals surface area contributed by atoms with Crippen LogP contribution in [-0.2, 0) is 0 Å². The molecule has 1 amide bonds. The summed E-state index contributed by atoms with van der Waals surface area (Å²) in [4.78, 5) is 17.8. The zero-order valence-electron chi connectivity index (χ0n) is 14.1. The van der Waals surface area contributed by atoms with Crippen molar-refractivity contribution in [2.75, 3.05) is 38.3 Å². The van der Waals surface area contributed by atoms with E-state index in [9.17, 15) is 13.6 Å². The Labute approximate surface area is 144 Å². The van der Waals surface area contributed by atoms with Gasteiger partial charge in [0.2, 0.25) is 0 Å². The van der Waals surface area contributed by atoms with Gasteiger partial charge >= 0.3 is 0 Å². The molecule has 3 N–H and O–H groups in total. The molecule has 0 radical (unpaired) electrons. The summed E-state index contributed by atoms with van der Waals surface area (Å²) < 4.78 is 33.3. The molecule has 1 heterocycles. The van der Waals surface area contributed by atoms with Gasteiger partial charge in [-0.1, -0.05) is 0 Å². The van der Waals surface area contributed by atoms with Gasteiger partial charge in [-0.25, -0.2) is 13.8 Å². The fourth-order valence-corrected chi connectivity index (χ4v) is 2.07. The minimum atomic E-state index is -0.879. The average Bonchev–Trinajstić information content (AvgIpc) is 2.53. The van der Waals surface area contributed by atoms with Gasteiger partial charge in [0.1, 0.15) is 5.82 Å². The first kappa shape index (κ1) is 18.6. The van der Waals surface area contributed by atoms with E-state index in [0.29, 0.717) is 6.42 Å². The molecule has 0 fully saturated rings. The van der Waals surface area contributed by atoms with E-state index in [0.717, 1.165) is 18.7 Å². The molecular formula is C17H20F2N4O2. The zero-order valence-corrected chi connectivity index (χ0v) is 14.1. The number of nitrogen functional groups attached to an aromatic ring is 1. The molecule has 134 valence electrons. The Morgan fingerprint density at radius 3 is 2.52 bits per heavy atom. The van der Waals surface area contributed by atoms with Crippen LogP contribution in [0.1, 0.15) is 16.8 Å². The van der Waals surface area contributed by atoms with Crippen molar-refractivity contribution >= 4 is 17.4 Å². The van der Waals surface area contributed by atoms with Crippen molar-refractivity contribution in [2.45, 2.75) is 6.42 Å². The lowest BCUT2D eigenvalue weighted by Crippen LogP contribution is -2.16. The molecule has 0 bridgehead atoms. The number of carbonyl (C=O) groups excluding carboxylic acids is 1. The van der Waals surface area contributed by atoms with Crippen molar-refractivity contribution in [3.05, 3.63) is 47.7 Å². The Bertz CT molecular complexity index is 713. The van der Waals surface area contributed by atoms with Gasteiger partial charge < -0.3 is 20.7 Å². The van der Waals surface area contributed by atoms with Gasteiger partial charge in [0.15, 0.2) is 17.4 Å². The minimum absolute atomic E-state index is 0.0162. The second-order valence-electron chi connectivity index (χ2n) is 5.70. The van der Waals surface area contributed by atoms with E-state index in [4.69, 9.17) is 10.5 Å². The standard InChI is InChI=1S/C17H20F2N4O2/c1-23(2)6-3-7-25-16-13(18)8-12(9-14(16)19)22-17(24)11-4-5-15(20)21-10-11/h4-5,8-10H,3,6-7H2,1-2H3,(H2,20,21)(H,22,24). The highest BCUT2D eigenvalue weighted by atomic mass is 19.1. The number of carbonyl (C=O) groups is 1. The highest BCUT2D eigenvalue weighted by Crippen LogP contribution is 2.26. The first-order valence-electron chi connectivity index (χ1n) is 7.66. The predicted molar refractivity (Wildman–Crippen MR) is 91.6 cm³/mol. The molecule has 0 aliphatic rings. The fourth-order valence-electron chi connectivity index (χ4n) is 2.07. The molecule has 6 nitrogen and oxygen atoms in total. The Morgan fingerprint density at radius 2 is 1.96 bits per heavy atom. The molecule has 0 spiro atoms. The molecule has 1 aromatic heterocycles. The van der Waals surface area contributed by atoms with Gasteiger partial charge in [0.05, 0.1) is 12.2 Å². The topological polar surface area (TPSA) is 80.5 Å². The highest BCUT2D eigenvalue weighted by molar-refractivity contribution is 6.04. The summed E-state index contributed by atoms with van der Waals surface area (Å²) in [6.07, 6.45) is 1.91. The molecular weight excluding hydrogens is 330 g/mol. The molecule has 0 saturated carbocycles. The number of nitrogens with one attached hydrogen (secondary N) is 1. The van der Waals surface area contributed by atoms with Gasteiger partial charge in [-0.15, -0.1) is 0 Å². The molecule has 0 atom stereocenters. The van der Waals surface area contributed by atoms with Crippen LogP contribution in [0.4, 0.5) is 20.3 Å². The van der Waals surface area contributed by atoms with E-state index in [-0.39, 0.29) is 23.7 Å². The Balaban J connectivity index is 2.03. The second kappa shape index (κ2) is 8.39. The normalized spacial score (nSPS) is 10.8. The lowest BCUT2D eigenvalue weighted by Gasteiger charge is -2.12. The Hall–Kier alpha value is -2.74. The SMILES string of the molecule is CN(C)CCCOc1c(F)cc(NC(=O)c2ccc(N)nc2)cc1F. The highest BCUT2D eigenvalue weighted by Gasteiger charge is 2.15. The van der Waals surface area contributed by atoms with Crippen LogP contribution in [-0.4, -0.2) is 43.0 Å². The fraction of sp³-hybridized carbons (Fsp3) is 0.294. The number of rotatable bonds is 7. The molecule has 2 aromatic rings. The summed E-state index contributed by atoms with van der Waals surface area (Å²) in [5.41, 5.74) is 5.65. The van der Waals surface area contributed by atoms with Gasteiger partial charge in [0, 0.05) is 30.6 Å². The zero-order chi connectivity index (χ0) is 18.4. The van der Waals surface area contributed by atoms with Crippen LogP contribution >= 0.6 is 0 Å². The van der Waals surface area contributed by atoms with E-state index in [1.54, 1.807) is 0 Å². The number of pyridine rings is 1. The van der Waals surface area contributed by atoms with Crippen molar-refractivity contribution in [1.29, 1.82) is 0 Å². The maximum Gasteiger partial charge on any atom is 0.257 e. The average molecular weight is 350 g/mol. The first-order chi connectivity index (χ1) is 11.9. The largest absolute Gasteiger partial charge is 0.488 e. The van der Waals surface area contributed by atoms with E-state index >= 15 is 0 Å². The monoisotopic (exact) mass is 350 g/mol. The third-order valence-corrected chi connectivity index (χ3v) is 3.30. The molecule has 0 aliphatic heterocycles. The molecule has 25 heavy (non-hydrogen) atoms. The van der Waals surface area contributed by atoms with Crippen molar-refractivity contribution in [1.82, 2.24) is 9.88 Å². The lowest BCUT2D eigenvalue weighted by molar-refractivity contribution is 0.102. The van der Waals surface area contributed by atoms with E-state index in [1.807, 2.05) is 19.0 Å². The maximum atomic E-state index is 14.0. The van der Waals surface area contributed by atoms with Crippen LogP contribution in [0.2, 0.25) is 0 Å². The number of amides is 1. The van der Waals surface area contributed by atoms with E-state index < -0.39 is 23.3 Å². The predicted octanol–water partition coefficient (Wildman–Crippen LogP) is 2.52. The maximum absolute atomic E-state index is 14.0. The Morgan fingerprint density at radius 1 is 1.28 bits per heavy atom. The Kier molecular flexibility index (Phi) is 6.24. The van der Waals surface area contributed by atoms with Crippen molar-refractivity contribution < 1.29 is 18.3 Å². The number of hydrogen-bond donors (Lipinski definition) is 2. The van der Waals surface area contributed by atoms with Crippen LogP contribution in [0.15, 0.2) is 30.5 Å². The lowest BCUT2D eigenvalue weighted by atomic mass is 10.2. The van der Waals surface area contributed by atoms with Crippen molar-refractivity contribution in [3.63, 3.8) is 0 Å². The summed E-state index contributed by atoms with van der Waals surface area (Å²) in [5.74, 6) is -2.49. The number of ether oxygens (including phenoxy) is 1. The summed E-state index contributed by atoms with van der Waals surface area (Å²) >= 11 is 0. The number of nitrogens with zero attached hydrogens (tertiary/aromatic N) is 2. The van der Waals surface area contributed by atoms with Gasteiger partial charge in [0.25, 0.3) is 5.91 Å². The van der Waals surface area contributed by atoms with Crippen molar-refractivity contribution in [3.8, 4) is 5.75 Å². The number of aromatic nitrogens is 1. The third-order valence-electron chi connectivity index (χ3n) is 3.30. The number of hydrogen-bond acceptors (Lipinski definition) is 5. The number of anilines is 2. The summed E-state index contributed by atoms with van der Waals surface area (Å²) in [6, 6.07) is 4.94. The number of benzene rings is 1. The minimum Gasteiger partial charge on any atom is -0.488 e. The van der Waals surface area contributed by atoms with E-state index in [1.165, 1.54) is 18.3 Å². The summed E-state index contributed by atoms with van der Waals surface area (Å²) in [6.45, 7) is 0.932. The van der Waals surface area contributed by atoms with Gasteiger partial charge in [-0.3, -0.25) is 4.79 Å². The van der Waals surface area contributed by atoms with Gasteiger partial charge in [-0.05, 0) is 32.6 Å². The molecule has 0 aliphatic carbocycles. The van der Waals surface area contributed by atoms with Crippen molar-refractivity contribution in [2.24, 2.45) is 0 Å². The first-order valence-corrected chi connectivity index (χ1v) is 7.66. The quantitative estimate of drug-likeness (QED) is 0.750. The van der Waals surface area contributed by atoms with Crippen LogP contribution in [0.5, 0.6) is 5.75 Å². The molecule has 0 unspecified atom stereocenters. The molecule has 2 rings (SSSR count). The summed E-state index contributed by atoms with van der Waals surface area (Å²) in [5, 5.41) is 2.41.